The van der Waals surface area contributed by atoms with Crippen LogP contribution in [0.5, 0.6) is 5.75 Å². The Hall–Kier alpha value is -3.65. The third-order valence-corrected chi connectivity index (χ3v) is 5.26. The maximum atomic E-state index is 12.4. The van der Waals surface area contributed by atoms with Crippen LogP contribution in [0.4, 0.5) is 11.4 Å². The molecule has 8 heteroatoms. The fourth-order valence-electron chi connectivity index (χ4n) is 2.75. The van der Waals surface area contributed by atoms with Gasteiger partial charge in [0.15, 0.2) is 0 Å². The number of methoxy groups -OCH3 is 1. The number of carbonyl (C=O) groups excluding carboxylic acids is 3. The molecule has 3 N–H and O–H groups in total. The predicted molar refractivity (Wildman–Crippen MR) is 122 cm³/mol. The molecule has 0 radical (unpaired) electrons. The van der Waals surface area contributed by atoms with E-state index < -0.39 is 0 Å². The maximum absolute atomic E-state index is 12.4. The molecule has 0 aliphatic rings. The number of anilines is 2. The smallest absolute Gasteiger partial charge is 0.261 e. The normalized spacial score (nSPS) is 10.2. The summed E-state index contributed by atoms with van der Waals surface area (Å²) in [5, 5.41) is 10.2. The van der Waals surface area contributed by atoms with Crippen LogP contribution in [0.1, 0.15) is 32.9 Å². The van der Waals surface area contributed by atoms with Crippen molar-refractivity contribution >= 4 is 40.4 Å². The number of ether oxygens (including phenoxy) is 1. The average molecular weight is 438 g/mol. The Morgan fingerprint density at radius 1 is 0.871 bits per heavy atom. The second kappa shape index (κ2) is 10.9. The van der Waals surface area contributed by atoms with Gasteiger partial charge in [0.05, 0.1) is 12.0 Å². The van der Waals surface area contributed by atoms with Crippen LogP contribution in [0.3, 0.4) is 0 Å². The SMILES string of the molecule is COc1ccc(NC(=O)c2ccc(NC(=O)CCCNC(=O)c3cccs3)cc2)cc1. The van der Waals surface area contributed by atoms with Gasteiger partial charge in [0.25, 0.3) is 11.8 Å². The number of thiophene rings is 1. The third kappa shape index (κ3) is 6.68. The largest absolute Gasteiger partial charge is 0.497 e. The zero-order chi connectivity index (χ0) is 22.1. The molecule has 0 unspecified atom stereocenters. The molecule has 160 valence electrons. The lowest BCUT2D eigenvalue weighted by Crippen LogP contribution is -2.24. The van der Waals surface area contributed by atoms with Crippen LogP contribution in [0.2, 0.25) is 0 Å². The van der Waals surface area contributed by atoms with Gasteiger partial charge in [-0.15, -0.1) is 11.3 Å². The molecule has 1 heterocycles. The summed E-state index contributed by atoms with van der Waals surface area (Å²) < 4.78 is 5.09. The Bertz CT molecular complexity index is 1020. The van der Waals surface area contributed by atoms with E-state index in [9.17, 15) is 14.4 Å². The zero-order valence-electron chi connectivity index (χ0n) is 17.0. The van der Waals surface area contributed by atoms with Crippen molar-refractivity contribution in [2.75, 3.05) is 24.3 Å². The molecule has 3 aromatic rings. The molecule has 0 aliphatic heterocycles. The molecule has 0 saturated carbocycles. The van der Waals surface area contributed by atoms with Crippen LogP contribution in [0, 0.1) is 0 Å². The lowest BCUT2D eigenvalue weighted by molar-refractivity contribution is -0.116. The van der Waals surface area contributed by atoms with Crippen LogP contribution in [-0.4, -0.2) is 31.4 Å². The molecule has 31 heavy (non-hydrogen) atoms. The second-order valence-electron chi connectivity index (χ2n) is 6.64. The monoisotopic (exact) mass is 437 g/mol. The van der Waals surface area contributed by atoms with Crippen molar-refractivity contribution in [2.24, 2.45) is 0 Å². The highest BCUT2D eigenvalue weighted by molar-refractivity contribution is 7.12. The molecule has 2 aromatic carbocycles. The molecule has 0 spiro atoms. The van der Waals surface area contributed by atoms with Crippen LogP contribution in [-0.2, 0) is 4.79 Å². The van der Waals surface area contributed by atoms with Crippen LogP contribution in [0.15, 0.2) is 66.0 Å². The van der Waals surface area contributed by atoms with Gasteiger partial charge in [-0.05, 0) is 66.4 Å². The van der Waals surface area contributed by atoms with Gasteiger partial charge in [0, 0.05) is 29.9 Å². The minimum Gasteiger partial charge on any atom is -0.497 e. The van der Waals surface area contributed by atoms with Crippen LogP contribution in [0.25, 0.3) is 0 Å². The van der Waals surface area contributed by atoms with Crippen molar-refractivity contribution in [2.45, 2.75) is 12.8 Å². The number of hydrogen-bond donors (Lipinski definition) is 3. The summed E-state index contributed by atoms with van der Waals surface area (Å²) in [6, 6.07) is 17.3. The highest BCUT2D eigenvalue weighted by Crippen LogP contribution is 2.17. The molecule has 0 aliphatic carbocycles. The summed E-state index contributed by atoms with van der Waals surface area (Å²) in [5.41, 5.74) is 1.74. The van der Waals surface area contributed by atoms with Gasteiger partial charge >= 0.3 is 0 Å². The number of nitrogens with one attached hydrogen (secondary N) is 3. The van der Waals surface area contributed by atoms with E-state index >= 15 is 0 Å². The fraction of sp³-hybridized carbons (Fsp3) is 0.174. The fourth-order valence-corrected chi connectivity index (χ4v) is 3.39. The summed E-state index contributed by atoms with van der Waals surface area (Å²) >= 11 is 1.38. The van der Waals surface area contributed by atoms with Crippen molar-refractivity contribution in [3.8, 4) is 5.75 Å². The van der Waals surface area contributed by atoms with Crippen LogP contribution < -0.4 is 20.7 Å². The summed E-state index contributed by atoms with van der Waals surface area (Å²) in [6.07, 6.45) is 0.815. The summed E-state index contributed by atoms with van der Waals surface area (Å²) in [6.45, 7) is 0.425. The first kappa shape index (κ1) is 22.0. The van der Waals surface area contributed by atoms with Gasteiger partial charge in [-0.3, -0.25) is 14.4 Å². The van der Waals surface area contributed by atoms with Crippen LogP contribution >= 0.6 is 11.3 Å². The number of amides is 3. The molecule has 0 fully saturated rings. The Morgan fingerprint density at radius 3 is 2.19 bits per heavy atom. The van der Waals surface area contributed by atoms with E-state index in [4.69, 9.17) is 4.74 Å². The Morgan fingerprint density at radius 2 is 1.55 bits per heavy atom. The first-order chi connectivity index (χ1) is 15.0. The van der Waals surface area contributed by atoms with E-state index in [1.807, 2.05) is 11.4 Å². The van der Waals surface area contributed by atoms with Gasteiger partial charge < -0.3 is 20.7 Å². The predicted octanol–water partition coefficient (Wildman–Crippen LogP) is 4.16. The molecule has 3 rings (SSSR count). The molecule has 7 nitrogen and oxygen atoms in total. The summed E-state index contributed by atoms with van der Waals surface area (Å²) in [7, 11) is 1.58. The van der Waals surface area contributed by atoms with Crippen molar-refractivity contribution in [3.05, 3.63) is 76.5 Å². The lowest BCUT2D eigenvalue weighted by Gasteiger charge is -2.08. The molecule has 3 amide bonds. The summed E-state index contributed by atoms with van der Waals surface area (Å²) in [5.74, 6) is 0.187. The third-order valence-electron chi connectivity index (χ3n) is 4.39. The topological polar surface area (TPSA) is 96.5 Å². The Balaban J connectivity index is 1.41. The van der Waals surface area contributed by atoms with E-state index in [1.165, 1.54) is 11.3 Å². The van der Waals surface area contributed by atoms with Gasteiger partial charge in [0.1, 0.15) is 5.75 Å². The van der Waals surface area contributed by atoms with E-state index in [2.05, 4.69) is 16.0 Å². The maximum Gasteiger partial charge on any atom is 0.261 e. The molecule has 0 saturated heterocycles. The quantitative estimate of drug-likeness (QED) is 0.438. The highest BCUT2D eigenvalue weighted by atomic mass is 32.1. The highest BCUT2D eigenvalue weighted by Gasteiger charge is 2.09. The first-order valence-corrected chi connectivity index (χ1v) is 10.6. The molecular formula is C23H23N3O4S. The van der Waals surface area contributed by atoms with Gasteiger partial charge in [-0.1, -0.05) is 6.07 Å². The number of rotatable bonds is 9. The van der Waals surface area contributed by atoms with E-state index in [0.717, 1.165) is 0 Å². The minimum absolute atomic E-state index is 0.126. The lowest BCUT2D eigenvalue weighted by atomic mass is 10.2. The van der Waals surface area contributed by atoms with Crippen molar-refractivity contribution < 1.29 is 19.1 Å². The van der Waals surface area contributed by atoms with Gasteiger partial charge in [0.2, 0.25) is 5.91 Å². The van der Waals surface area contributed by atoms with Crippen molar-refractivity contribution in [1.29, 1.82) is 0 Å². The number of hydrogen-bond acceptors (Lipinski definition) is 5. The van der Waals surface area contributed by atoms with E-state index in [1.54, 1.807) is 61.7 Å². The molecule has 0 bridgehead atoms. The van der Waals surface area contributed by atoms with E-state index in [0.29, 0.717) is 40.5 Å². The Labute approximate surface area is 184 Å². The average Bonchev–Trinajstić information content (AvgIpc) is 3.33. The van der Waals surface area contributed by atoms with Gasteiger partial charge in [-0.25, -0.2) is 0 Å². The number of carbonyl (C=O) groups is 3. The molecule has 1 aromatic heterocycles. The second-order valence-corrected chi connectivity index (χ2v) is 7.59. The van der Waals surface area contributed by atoms with E-state index in [-0.39, 0.29) is 24.1 Å². The molecule has 0 atom stereocenters. The van der Waals surface area contributed by atoms with Crippen molar-refractivity contribution in [1.82, 2.24) is 5.32 Å². The van der Waals surface area contributed by atoms with Crippen molar-refractivity contribution in [3.63, 3.8) is 0 Å². The summed E-state index contributed by atoms with van der Waals surface area (Å²) in [4.78, 5) is 36.9. The minimum atomic E-state index is -0.246. The molecular weight excluding hydrogens is 414 g/mol. The first-order valence-electron chi connectivity index (χ1n) is 9.72. The number of benzene rings is 2. The standard InChI is InChI=1S/C23H23N3O4S/c1-30-19-12-10-18(11-13-19)26-22(28)16-6-8-17(9-7-16)25-21(27)5-2-14-24-23(29)20-4-3-15-31-20/h3-4,6-13,15H,2,5,14H2,1H3,(H,24,29)(H,25,27)(H,26,28). The Kier molecular flexibility index (Phi) is 7.78. The zero-order valence-corrected chi connectivity index (χ0v) is 17.8. The van der Waals surface area contributed by atoms with Gasteiger partial charge in [-0.2, -0.15) is 0 Å².